The minimum absolute atomic E-state index is 0.00688. The molecule has 1 aliphatic heterocycles. The molecule has 1 N–H and O–H groups in total. The van der Waals surface area contributed by atoms with Gasteiger partial charge in [0, 0.05) is 29.4 Å². The topological polar surface area (TPSA) is 82.4 Å². The minimum Gasteiger partial charge on any atom is -0.466 e. The molecular formula is C18H20BrN3O3. The highest BCUT2D eigenvalue weighted by molar-refractivity contribution is 9.10. The van der Waals surface area contributed by atoms with Crippen molar-refractivity contribution in [2.75, 3.05) is 25.0 Å². The Kier molecular flexibility index (Phi) is 7.02. The summed E-state index contributed by atoms with van der Waals surface area (Å²) in [7, 11) is 0. The van der Waals surface area contributed by atoms with Crippen LogP contribution in [0.5, 0.6) is 0 Å². The Labute approximate surface area is 155 Å². The van der Waals surface area contributed by atoms with Crippen LogP contribution in [0.3, 0.4) is 0 Å². The fourth-order valence-electron chi connectivity index (χ4n) is 2.63. The second-order valence-electron chi connectivity index (χ2n) is 5.70. The fraction of sp³-hybridized carbons (Fsp3) is 0.389. The Bertz CT molecular complexity index is 695. The molecule has 1 heterocycles. The van der Waals surface area contributed by atoms with E-state index in [1.165, 1.54) is 6.20 Å². The van der Waals surface area contributed by atoms with Crippen LogP contribution in [-0.4, -0.2) is 36.5 Å². The summed E-state index contributed by atoms with van der Waals surface area (Å²) in [6, 6.07) is 9.03. The summed E-state index contributed by atoms with van der Waals surface area (Å²) in [6.45, 7) is 3.28. The first-order chi connectivity index (χ1) is 12.0. The van der Waals surface area contributed by atoms with Gasteiger partial charge in [-0.3, -0.25) is 9.59 Å². The van der Waals surface area contributed by atoms with E-state index < -0.39 is 5.91 Å². The maximum Gasteiger partial charge on any atom is 0.310 e. The number of nitrogens with zero attached hydrogens (tertiary/aromatic N) is 2. The van der Waals surface area contributed by atoms with E-state index in [2.05, 4.69) is 21.2 Å². The SMILES string of the molecule is CCOC(=O)C1CCCN(/C=C(/C#N)C(=O)Nc2ccc(Br)cc2)C1. The molecule has 2 rings (SSSR count). The number of halogens is 1. The smallest absolute Gasteiger partial charge is 0.310 e. The number of benzene rings is 1. The van der Waals surface area contributed by atoms with Crippen LogP contribution < -0.4 is 5.32 Å². The maximum atomic E-state index is 12.3. The van der Waals surface area contributed by atoms with Gasteiger partial charge in [0.25, 0.3) is 5.91 Å². The normalized spacial score (nSPS) is 17.6. The number of carbonyl (C=O) groups is 2. The molecule has 0 spiro atoms. The summed E-state index contributed by atoms with van der Waals surface area (Å²) in [5.74, 6) is -0.916. The predicted octanol–water partition coefficient (Wildman–Crippen LogP) is 3.07. The van der Waals surface area contributed by atoms with Gasteiger partial charge in [-0.25, -0.2) is 0 Å². The van der Waals surface area contributed by atoms with Gasteiger partial charge in [0.1, 0.15) is 11.6 Å². The molecule has 1 fully saturated rings. The Balaban J connectivity index is 2.03. The summed E-state index contributed by atoms with van der Waals surface area (Å²) >= 11 is 3.33. The summed E-state index contributed by atoms with van der Waals surface area (Å²) in [5, 5.41) is 12.0. The standard InChI is InChI=1S/C18H20BrN3O3/c1-2-25-18(24)13-4-3-9-22(11-13)12-14(10-20)17(23)21-16-7-5-15(19)6-8-16/h5-8,12-13H,2-4,9,11H2,1H3,(H,21,23)/b14-12-. The van der Waals surface area contributed by atoms with Crippen molar-refractivity contribution in [3.05, 3.63) is 40.5 Å². The van der Waals surface area contributed by atoms with Gasteiger partial charge in [-0.1, -0.05) is 15.9 Å². The number of rotatable bonds is 5. The van der Waals surface area contributed by atoms with Crippen LogP contribution in [0.4, 0.5) is 5.69 Å². The number of amides is 1. The van der Waals surface area contributed by atoms with Gasteiger partial charge >= 0.3 is 5.97 Å². The number of piperidine rings is 1. The molecule has 25 heavy (non-hydrogen) atoms. The molecule has 1 saturated heterocycles. The average Bonchev–Trinajstić information content (AvgIpc) is 2.62. The van der Waals surface area contributed by atoms with Crippen LogP contribution in [0.25, 0.3) is 0 Å². The number of likely N-dealkylation sites (tertiary alicyclic amines) is 1. The van der Waals surface area contributed by atoms with E-state index in [-0.39, 0.29) is 17.5 Å². The molecule has 0 radical (unpaired) electrons. The molecule has 0 bridgehead atoms. The number of nitrogens with one attached hydrogen (secondary N) is 1. The van der Waals surface area contributed by atoms with Crippen molar-refractivity contribution in [1.29, 1.82) is 5.26 Å². The highest BCUT2D eigenvalue weighted by atomic mass is 79.9. The number of hydrogen-bond acceptors (Lipinski definition) is 5. The quantitative estimate of drug-likeness (QED) is 0.462. The Morgan fingerprint density at radius 1 is 1.44 bits per heavy atom. The van der Waals surface area contributed by atoms with E-state index in [9.17, 15) is 14.9 Å². The highest BCUT2D eigenvalue weighted by Gasteiger charge is 2.26. The molecule has 1 aliphatic rings. The number of nitriles is 1. The van der Waals surface area contributed by atoms with Gasteiger partial charge in [0.05, 0.1) is 12.5 Å². The van der Waals surface area contributed by atoms with E-state index in [0.717, 1.165) is 17.3 Å². The molecule has 7 heteroatoms. The van der Waals surface area contributed by atoms with E-state index in [1.807, 2.05) is 11.0 Å². The number of anilines is 1. The molecule has 1 aromatic rings. The van der Waals surface area contributed by atoms with E-state index in [4.69, 9.17) is 4.74 Å². The molecule has 0 aromatic heterocycles. The van der Waals surface area contributed by atoms with Crippen LogP contribution in [0.2, 0.25) is 0 Å². The molecule has 0 aliphatic carbocycles. The van der Waals surface area contributed by atoms with Crippen molar-refractivity contribution >= 4 is 33.5 Å². The van der Waals surface area contributed by atoms with E-state index in [0.29, 0.717) is 25.4 Å². The first-order valence-corrected chi connectivity index (χ1v) is 8.92. The molecular weight excluding hydrogens is 386 g/mol. The van der Waals surface area contributed by atoms with Crippen LogP contribution in [0, 0.1) is 17.2 Å². The number of esters is 1. The summed E-state index contributed by atoms with van der Waals surface area (Å²) in [6.07, 6.45) is 3.10. The Morgan fingerprint density at radius 3 is 2.80 bits per heavy atom. The van der Waals surface area contributed by atoms with E-state index in [1.54, 1.807) is 31.2 Å². The van der Waals surface area contributed by atoms with Crippen LogP contribution in [0.1, 0.15) is 19.8 Å². The van der Waals surface area contributed by atoms with Crippen molar-refractivity contribution < 1.29 is 14.3 Å². The first kappa shape index (κ1) is 19.0. The van der Waals surface area contributed by atoms with Gasteiger partial charge in [0.15, 0.2) is 0 Å². The predicted molar refractivity (Wildman–Crippen MR) is 97.4 cm³/mol. The van der Waals surface area contributed by atoms with Gasteiger partial charge in [-0.05, 0) is 44.0 Å². The lowest BCUT2D eigenvalue weighted by molar-refractivity contribution is -0.149. The molecule has 0 saturated carbocycles. The maximum absolute atomic E-state index is 12.3. The van der Waals surface area contributed by atoms with Crippen molar-refractivity contribution in [2.45, 2.75) is 19.8 Å². The van der Waals surface area contributed by atoms with Gasteiger partial charge < -0.3 is 15.0 Å². The lowest BCUT2D eigenvalue weighted by Crippen LogP contribution is -2.37. The van der Waals surface area contributed by atoms with Crippen molar-refractivity contribution in [1.82, 2.24) is 4.90 Å². The van der Waals surface area contributed by atoms with Crippen molar-refractivity contribution in [3.8, 4) is 6.07 Å². The zero-order valence-corrected chi connectivity index (χ0v) is 15.6. The first-order valence-electron chi connectivity index (χ1n) is 8.13. The number of hydrogen-bond donors (Lipinski definition) is 1. The van der Waals surface area contributed by atoms with Crippen molar-refractivity contribution in [2.24, 2.45) is 5.92 Å². The molecule has 1 aromatic carbocycles. The lowest BCUT2D eigenvalue weighted by atomic mass is 9.98. The number of carbonyl (C=O) groups excluding carboxylic acids is 2. The van der Waals surface area contributed by atoms with Gasteiger partial charge in [-0.2, -0.15) is 5.26 Å². The molecule has 1 amide bonds. The third-order valence-corrected chi connectivity index (χ3v) is 4.38. The van der Waals surface area contributed by atoms with Gasteiger partial charge in [0.2, 0.25) is 0 Å². The average molecular weight is 406 g/mol. The fourth-order valence-corrected chi connectivity index (χ4v) is 2.89. The van der Waals surface area contributed by atoms with Crippen LogP contribution >= 0.6 is 15.9 Å². The summed E-state index contributed by atoms with van der Waals surface area (Å²) in [4.78, 5) is 26.0. The molecule has 132 valence electrons. The molecule has 1 unspecified atom stereocenters. The lowest BCUT2D eigenvalue weighted by Gasteiger charge is -2.30. The largest absolute Gasteiger partial charge is 0.466 e. The minimum atomic E-state index is -0.469. The zero-order chi connectivity index (χ0) is 18.2. The number of ether oxygens (including phenoxy) is 1. The third kappa shape index (κ3) is 5.61. The Hall–Kier alpha value is -2.33. The van der Waals surface area contributed by atoms with Crippen molar-refractivity contribution in [3.63, 3.8) is 0 Å². The van der Waals surface area contributed by atoms with E-state index >= 15 is 0 Å². The second-order valence-corrected chi connectivity index (χ2v) is 6.62. The van der Waals surface area contributed by atoms with Crippen LogP contribution in [-0.2, 0) is 14.3 Å². The molecule has 6 nitrogen and oxygen atoms in total. The monoisotopic (exact) mass is 405 g/mol. The van der Waals surface area contributed by atoms with Gasteiger partial charge in [-0.15, -0.1) is 0 Å². The highest BCUT2D eigenvalue weighted by Crippen LogP contribution is 2.19. The Morgan fingerprint density at radius 2 is 2.16 bits per heavy atom. The van der Waals surface area contributed by atoms with Crippen LogP contribution in [0.15, 0.2) is 40.5 Å². The summed E-state index contributed by atoms with van der Waals surface area (Å²) in [5.41, 5.74) is 0.616. The molecule has 1 atom stereocenters. The third-order valence-electron chi connectivity index (χ3n) is 3.85. The second kappa shape index (κ2) is 9.23. The summed E-state index contributed by atoms with van der Waals surface area (Å²) < 4.78 is 5.97. The zero-order valence-electron chi connectivity index (χ0n) is 14.0.